The molecule has 2 aromatic rings. The number of imidazole rings is 1. The Kier molecular flexibility index (Phi) is 17.5. The molecule has 4 unspecified atom stereocenters. The van der Waals surface area contributed by atoms with E-state index in [4.69, 9.17) is 19.5 Å². The smallest absolute Gasteiger partial charge is 0.393 e. The number of amides is 2. The summed E-state index contributed by atoms with van der Waals surface area (Å²) in [5, 5.41) is 35.8. The zero-order valence-electron chi connectivity index (χ0n) is 30.2. The van der Waals surface area contributed by atoms with Gasteiger partial charge in [-0.15, -0.1) is 0 Å². The molecule has 2 amide bonds. The molecule has 1 aliphatic rings. The van der Waals surface area contributed by atoms with Gasteiger partial charge in [-0.05, 0) is 6.42 Å². The molecule has 318 valence electrons. The van der Waals surface area contributed by atoms with Crippen LogP contribution in [0.5, 0.6) is 0 Å². The minimum Gasteiger partial charge on any atom is -0.393 e. The Labute approximate surface area is 323 Å². The maximum atomic E-state index is 12.7. The SMILES string of the molecule is CCCC(O)CC(=O)SCCNC(=O)CCNC(=O)C(O)C(C)(C)COP(=O)(O)OP(=O)(O)OC[C@H]1O[C@@H](n2cnc3c(N)ncnc32)[C@H](O)[C@@H]1OP(=O)(O)O. The van der Waals surface area contributed by atoms with Crippen LogP contribution < -0.4 is 16.4 Å². The highest BCUT2D eigenvalue weighted by Crippen LogP contribution is 2.61. The number of aromatic nitrogens is 4. The van der Waals surface area contributed by atoms with E-state index in [0.29, 0.717) is 6.42 Å². The van der Waals surface area contributed by atoms with Gasteiger partial charge in [-0.25, -0.2) is 28.6 Å². The zero-order valence-corrected chi connectivity index (χ0v) is 33.7. The van der Waals surface area contributed by atoms with Crippen LogP contribution in [0.4, 0.5) is 5.82 Å². The molecule has 8 atom stereocenters. The first-order valence-corrected chi connectivity index (χ1v) is 22.2. The fourth-order valence-electron chi connectivity index (χ4n) is 4.98. The van der Waals surface area contributed by atoms with Gasteiger partial charge in [0.05, 0.1) is 25.6 Å². The Balaban J connectivity index is 1.48. The van der Waals surface area contributed by atoms with Crippen LogP contribution in [0.15, 0.2) is 12.7 Å². The van der Waals surface area contributed by atoms with Gasteiger partial charge in [-0.3, -0.25) is 32.5 Å². The number of fused-ring (bicyclic) bond motifs is 1. The van der Waals surface area contributed by atoms with Crippen molar-refractivity contribution in [3.63, 3.8) is 0 Å². The second kappa shape index (κ2) is 20.5. The van der Waals surface area contributed by atoms with Crippen LogP contribution in [-0.4, -0.2) is 134 Å². The van der Waals surface area contributed by atoms with Crippen molar-refractivity contribution < 1.29 is 85.6 Å². The van der Waals surface area contributed by atoms with Crippen LogP contribution in [0.1, 0.15) is 52.7 Å². The molecule has 25 nitrogen and oxygen atoms in total. The highest BCUT2D eigenvalue weighted by atomic mass is 32.2. The molecule has 0 bridgehead atoms. The lowest BCUT2D eigenvalue weighted by atomic mass is 9.87. The van der Waals surface area contributed by atoms with E-state index < -0.39 is 90.7 Å². The number of hydrogen-bond donors (Lipinski definition) is 10. The molecule has 56 heavy (non-hydrogen) atoms. The topological polar surface area (TPSA) is 384 Å². The number of aliphatic hydroxyl groups excluding tert-OH is 3. The van der Waals surface area contributed by atoms with Crippen molar-refractivity contribution in [2.45, 2.75) is 83.2 Å². The zero-order chi connectivity index (χ0) is 42.1. The summed E-state index contributed by atoms with van der Waals surface area (Å²) in [4.78, 5) is 87.3. The summed E-state index contributed by atoms with van der Waals surface area (Å²) in [7, 11) is -16.4. The number of phosphoric ester groups is 3. The van der Waals surface area contributed by atoms with Crippen LogP contribution in [0.3, 0.4) is 0 Å². The van der Waals surface area contributed by atoms with Crippen molar-refractivity contribution in [1.29, 1.82) is 0 Å². The number of rotatable bonds is 23. The fourth-order valence-corrected chi connectivity index (χ4v) is 8.55. The summed E-state index contributed by atoms with van der Waals surface area (Å²) in [5.41, 5.74) is 4.24. The fraction of sp³-hybridized carbons (Fsp3) is 0.704. The lowest BCUT2D eigenvalue weighted by molar-refractivity contribution is -0.137. The van der Waals surface area contributed by atoms with Gasteiger partial charge in [0, 0.05) is 37.1 Å². The molecule has 0 radical (unpaired) electrons. The van der Waals surface area contributed by atoms with Crippen LogP contribution in [-0.2, 0) is 50.7 Å². The number of ether oxygens (including phenoxy) is 1. The minimum absolute atomic E-state index is 0.00827. The van der Waals surface area contributed by atoms with E-state index in [9.17, 15) is 63.0 Å². The molecular formula is C27H46N7O18P3S. The lowest BCUT2D eigenvalue weighted by Gasteiger charge is -2.30. The van der Waals surface area contributed by atoms with Crippen LogP contribution in [0.25, 0.3) is 11.2 Å². The van der Waals surface area contributed by atoms with Crippen LogP contribution in [0.2, 0.25) is 0 Å². The molecule has 2 aromatic heterocycles. The monoisotopic (exact) mass is 881 g/mol. The molecule has 1 fully saturated rings. The molecule has 0 aromatic carbocycles. The lowest BCUT2D eigenvalue weighted by Crippen LogP contribution is -2.46. The number of carbonyl (C=O) groups is 3. The number of aliphatic hydroxyl groups is 3. The van der Waals surface area contributed by atoms with Gasteiger partial charge in [0.2, 0.25) is 11.8 Å². The van der Waals surface area contributed by atoms with E-state index >= 15 is 0 Å². The Bertz CT molecular complexity index is 1820. The number of nitrogens with zero attached hydrogens (tertiary/aromatic N) is 4. The minimum atomic E-state index is -5.58. The molecule has 0 saturated carbocycles. The van der Waals surface area contributed by atoms with Crippen molar-refractivity contribution in [3.05, 3.63) is 12.7 Å². The number of carbonyl (C=O) groups excluding carboxylic acids is 3. The van der Waals surface area contributed by atoms with Gasteiger partial charge in [-0.2, -0.15) is 4.31 Å². The predicted octanol–water partition coefficient (Wildman–Crippen LogP) is -0.784. The summed E-state index contributed by atoms with van der Waals surface area (Å²) in [5.74, 6) is -1.24. The number of nitrogens with one attached hydrogen (secondary N) is 2. The van der Waals surface area contributed by atoms with E-state index in [0.717, 1.165) is 35.4 Å². The molecule has 1 aliphatic heterocycles. The number of phosphoric acid groups is 3. The van der Waals surface area contributed by atoms with E-state index in [1.54, 1.807) is 0 Å². The maximum absolute atomic E-state index is 12.7. The third kappa shape index (κ3) is 14.7. The average molecular weight is 882 g/mol. The van der Waals surface area contributed by atoms with Crippen LogP contribution in [0, 0.1) is 5.41 Å². The second-order valence-corrected chi connectivity index (χ2v) is 18.3. The third-order valence-corrected chi connectivity index (χ3v) is 11.8. The van der Waals surface area contributed by atoms with Crippen molar-refractivity contribution in [3.8, 4) is 0 Å². The van der Waals surface area contributed by atoms with Crippen molar-refractivity contribution in [2.24, 2.45) is 5.41 Å². The number of nitrogen functional groups attached to an aromatic ring is 1. The molecule has 3 heterocycles. The highest BCUT2D eigenvalue weighted by Gasteiger charge is 2.50. The quantitative estimate of drug-likeness (QED) is 0.0483. The molecule has 29 heteroatoms. The summed E-state index contributed by atoms with van der Waals surface area (Å²) in [6, 6.07) is 0. The average Bonchev–Trinajstić information content (AvgIpc) is 3.64. The first-order valence-electron chi connectivity index (χ1n) is 16.7. The van der Waals surface area contributed by atoms with Crippen LogP contribution >= 0.6 is 35.2 Å². The molecule has 1 saturated heterocycles. The second-order valence-electron chi connectivity index (χ2n) is 12.9. The van der Waals surface area contributed by atoms with Gasteiger partial charge in [0.25, 0.3) is 0 Å². The summed E-state index contributed by atoms with van der Waals surface area (Å²) in [6.45, 7) is 2.26. The standard InChI is InChI=1S/C27H46N7O18P3S/c1-4-5-15(35)10-18(37)56-9-8-29-17(36)6-7-30-25(40)22(39)27(2,3)12-49-55(46,47)52-54(44,45)48-11-16-21(51-53(41,42)43)20(38)26(50-16)34-14-33-19-23(28)31-13-32-24(19)34/h13-16,20-22,26,35,38-39H,4-12H2,1-3H3,(H,29,36)(H,30,40)(H,44,45)(H,46,47)(H2,28,31,32)(H2,41,42,43)/t15?,16-,20-,21-,22?,26-/m1/s1. The molecule has 3 rings (SSSR count). The van der Waals surface area contributed by atoms with Crippen molar-refractivity contribution in [1.82, 2.24) is 30.2 Å². The number of thioether (sulfide) groups is 1. The van der Waals surface area contributed by atoms with Gasteiger partial charge >= 0.3 is 23.5 Å². The number of hydrogen-bond acceptors (Lipinski definition) is 19. The molecule has 11 N–H and O–H groups in total. The van der Waals surface area contributed by atoms with Gasteiger partial charge in [0.15, 0.2) is 22.8 Å². The molecule has 0 aliphatic carbocycles. The molecule has 0 spiro atoms. The Morgan fingerprint density at radius 2 is 1.73 bits per heavy atom. The summed E-state index contributed by atoms with van der Waals surface area (Å²) in [6.07, 6.45) is -6.45. The normalized spacial score (nSPS) is 22.2. The Morgan fingerprint density at radius 1 is 1.05 bits per heavy atom. The number of nitrogens with two attached hydrogens (primary N) is 1. The summed E-state index contributed by atoms with van der Waals surface area (Å²) >= 11 is 0.964. The van der Waals surface area contributed by atoms with Crippen molar-refractivity contribution in [2.75, 3.05) is 37.8 Å². The Morgan fingerprint density at radius 3 is 2.39 bits per heavy atom. The Hall–Kier alpha value is -2.48. The maximum Gasteiger partial charge on any atom is 0.481 e. The van der Waals surface area contributed by atoms with Gasteiger partial charge in [0.1, 0.15) is 36.3 Å². The van der Waals surface area contributed by atoms with Gasteiger partial charge in [-0.1, -0.05) is 39.0 Å². The van der Waals surface area contributed by atoms with E-state index in [1.165, 1.54) is 13.8 Å². The third-order valence-electron chi connectivity index (χ3n) is 7.79. The largest absolute Gasteiger partial charge is 0.481 e. The van der Waals surface area contributed by atoms with Gasteiger partial charge < -0.3 is 56.0 Å². The summed E-state index contributed by atoms with van der Waals surface area (Å²) < 4.78 is 62.0. The first kappa shape index (κ1) is 47.9. The number of anilines is 1. The van der Waals surface area contributed by atoms with E-state index in [2.05, 4.69) is 34.4 Å². The predicted molar refractivity (Wildman–Crippen MR) is 193 cm³/mol. The first-order chi connectivity index (χ1) is 25.9. The molecular weight excluding hydrogens is 835 g/mol. The van der Waals surface area contributed by atoms with Crippen molar-refractivity contribution >= 4 is 69.1 Å². The van der Waals surface area contributed by atoms with E-state index in [-0.39, 0.29) is 53.8 Å². The highest BCUT2D eigenvalue weighted by molar-refractivity contribution is 8.13. The van der Waals surface area contributed by atoms with E-state index in [1.807, 2.05) is 6.92 Å².